The molecule has 0 bridgehead atoms. The third-order valence-electron chi connectivity index (χ3n) is 4.62. The zero-order valence-corrected chi connectivity index (χ0v) is 17.0. The predicted molar refractivity (Wildman–Crippen MR) is 110 cm³/mol. The van der Waals surface area contributed by atoms with E-state index in [1.165, 1.54) is 0 Å². The van der Waals surface area contributed by atoms with Crippen LogP contribution in [-0.4, -0.2) is 41.0 Å². The fraction of sp³-hybridized carbons (Fsp3) is 0.250. The SMILES string of the molecule is CCOc1ccc(C2=C[C@@H](c3cccc(OC)c3OC)n3nnnc3N2)cc1Cl. The van der Waals surface area contributed by atoms with Crippen LogP contribution in [0.4, 0.5) is 5.95 Å². The number of nitrogens with one attached hydrogen (secondary N) is 1. The van der Waals surface area contributed by atoms with Crippen molar-refractivity contribution >= 4 is 23.2 Å². The lowest BCUT2D eigenvalue weighted by molar-refractivity contribution is 0.340. The van der Waals surface area contributed by atoms with Gasteiger partial charge in [0.05, 0.1) is 25.8 Å². The van der Waals surface area contributed by atoms with E-state index in [0.717, 1.165) is 16.8 Å². The highest BCUT2D eigenvalue weighted by atomic mass is 35.5. The fourth-order valence-corrected chi connectivity index (χ4v) is 3.56. The number of benzene rings is 2. The standard InChI is InChI=1S/C20H20ClN5O3/c1-4-29-17-9-8-12(10-14(17)21)15-11-16(26-20(22-15)23-24-25-26)13-6-5-7-18(27-2)19(13)28-3/h5-11,16H,4H2,1-3H3,(H,22,23,25)/t16-/m0/s1. The van der Waals surface area contributed by atoms with Gasteiger partial charge in [-0.3, -0.25) is 0 Å². The van der Waals surface area contributed by atoms with Gasteiger partial charge in [-0.15, -0.1) is 0 Å². The number of para-hydroxylation sites is 1. The Kier molecular flexibility index (Phi) is 5.26. The van der Waals surface area contributed by atoms with Crippen molar-refractivity contribution in [2.75, 3.05) is 26.1 Å². The van der Waals surface area contributed by atoms with Crippen LogP contribution in [0.15, 0.2) is 42.5 Å². The number of anilines is 1. The van der Waals surface area contributed by atoms with Crippen LogP contribution in [-0.2, 0) is 0 Å². The summed E-state index contributed by atoms with van der Waals surface area (Å²) in [4.78, 5) is 0. The number of nitrogens with zero attached hydrogens (tertiary/aromatic N) is 4. The molecule has 1 N–H and O–H groups in total. The maximum absolute atomic E-state index is 6.39. The van der Waals surface area contributed by atoms with Gasteiger partial charge < -0.3 is 19.5 Å². The Balaban J connectivity index is 1.81. The van der Waals surface area contributed by atoms with Crippen LogP contribution < -0.4 is 19.5 Å². The van der Waals surface area contributed by atoms with Gasteiger partial charge in [-0.25, -0.2) is 0 Å². The summed E-state index contributed by atoms with van der Waals surface area (Å²) in [5.41, 5.74) is 2.59. The Hall–Kier alpha value is -3.26. The molecule has 4 rings (SSSR count). The molecule has 1 aromatic heterocycles. The van der Waals surface area contributed by atoms with Crippen molar-refractivity contribution in [3.8, 4) is 17.2 Å². The van der Waals surface area contributed by atoms with E-state index in [4.69, 9.17) is 25.8 Å². The first-order valence-corrected chi connectivity index (χ1v) is 9.44. The van der Waals surface area contributed by atoms with Crippen molar-refractivity contribution in [1.29, 1.82) is 0 Å². The van der Waals surface area contributed by atoms with Crippen molar-refractivity contribution in [3.05, 3.63) is 58.6 Å². The van der Waals surface area contributed by atoms with E-state index in [2.05, 4.69) is 20.8 Å². The van der Waals surface area contributed by atoms with Crippen LogP contribution in [0.2, 0.25) is 5.02 Å². The highest BCUT2D eigenvalue weighted by Gasteiger charge is 2.28. The van der Waals surface area contributed by atoms with E-state index in [-0.39, 0.29) is 6.04 Å². The van der Waals surface area contributed by atoms with Gasteiger partial charge in [0.1, 0.15) is 11.8 Å². The number of methoxy groups -OCH3 is 2. The summed E-state index contributed by atoms with van der Waals surface area (Å²) in [6.07, 6.45) is 2.02. The molecule has 3 aromatic rings. The number of aromatic nitrogens is 4. The molecule has 2 heterocycles. The predicted octanol–water partition coefficient (Wildman–Crippen LogP) is 3.80. The lowest BCUT2D eigenvalue weighted by atomic mass is 10.0. The van der Waals surface area contributed by atoms with Crippen molar-refractivity contribution in [2.45, 2.75) is 13.0 Å². The molecule has 8 nitrogen and oxygen atoms in total. The van der Waals surface area contributed by atoms with Crippen LogP contribution in [0.25, 0.3) is 5.70 Å². The molecule has 1 aliphatic heterocycles. The first-order chi connectivity index (χ1) is 14.2. The molecule has 0 radical (unpaired) electrons. The minimum Gasteiger partial charge on any atom is -0.493 e. The highest BCUT2D eigenvalue weighted by Crippen LogP contribution is 2.40. The molecular formula is C20H20ClN5O3. The van der Waals surface area contributed by atoms with Gasteiger partial charge in [0, 0.05) is 11.3 Å². The molecule has 0 fully saturated rings. The van der Waals surface area contributed by atoms with Crippen molar-refractivity contribution in [1.82, 2.24) is 20.2 Å². The van der Waals surface area contributed by atoms with Gasteiger partial charge in [0.15, 0.2) is 11.5 Å². The number of tetrazole rings is 1. The summed E-state index contributed by atoms with van der Waals surface area (Å²) < 4.78 is 18.3. The monoisotopic (exact) mass is 413 g/mol. The van der Waals surface area contributed by atoms with Gasteiger partial charge >= 0.3 is 0 Å². The molecule has 0 amide bonds. The van der Waals surface area contributed by atoms with Crippen LogP contribution in [0, 0.1) is 0 Å². The summed E-state index contributed by atoms with van der Waals surface area (Å²) in [5, 5.41) is 15.8. The van der Waals surface area contributed by atoms with E-state index < -0.39 is 0 Å². The van der Waals surface area contributed by atoms with Gasteiger partial charge in [0.25, 0.3) is 0 Å². The zero-order valence-electron chi connectivity index (χ0n) is 16.2. The molecule has 150 valence electrons. The van der Waals surface area contributed by atoms with E-state index >= 15 is 0 Å². The highest BCUT2D eigenvalue weighted by molar-refractivity contribution is 6.32. The quantitative estimate of drug-likeness (QED) is 0.658. The molecule has 0 unspecified atom stereocenters. The smallest absolute Gasteiger partial charge is 0.248 e. The lowest BCUT2D eigenvalue weighted by Crippen LogP contribution is -2.21. The van der Waals surface area contributed by atoms with Crippen molar-refractivity contribution in [2.24, 2.45) is 0 Å². The molecule has 0 aliphatic carbocycles. The third kappa shape index (κ3) is 3.47. The molecule has 1 atom stereocenters. The first-order valence-electron chi connectivity index (χ1n) is 9.06. The van der Waals surface area contributed by atoms with E-state index in [9.17, 15) is 0 Å². The normalized spacial score (nSPS) is 15.2. The second kappa shape index (κ2) is 8.00. The van der Waals surface area contributed by atoms with E-state index in [1.54, 1.807) is 18.9 Å². The third-order valence-corrected chi connectivity index (χ3v) is 4.92. The zero-order chi connectivity index (χ0) is 20.4. The van der Waals surface area contributed by atoms with Crippen molar-refractivity contribution in [3.63, 3.8) is 0 Å². The summed E-state index contributed by atoms with van der Waals surface area (Å²) >= 11 is 6.39. The second-order valence-corrected chi connectivity index (χ2v) is 6.67. The number of halogens is 1. The second-order valence-electron chi connectivity index (χ2n) is 6.26. The number of fused-ring (bicyclic) bond motifs is 1. The minimum absolute atomic E-state index is 0.299. The Bertz CT molecular complexity index is 1070. The van der Waals surface area contributed by atoms with E-state index in [1.807, 2.05) is 49.4 Å². The number of rotatable bonds is 6. The molecule has 0 saturated carbocycles. The summed E-state index contributed by atoms with van der Waals surface area (Å²) in [6, 6.07) is 11.1. The molecule has 1 aliphatic rings. The molecule has 0 spiro atoms. The topological polar surface area (TPSA) is 83.3 Å². The molecule has 0 saturated heterocycles. The van der Waals surface area contributed by atoms with E-state index in [0.29, 0.717) is 34.8 Å². The van der Waals surface area contributed by atoms with Crippen LogP contribution in [0.3, 0.4) is 0 Å². The van der Waals surface area contributed by atoms with Crippen molar-refractivity contribution < 1.29 is 14.2 Å². The maximum Gasteiger partial charge on any atom is 0.248 e. The molecule has 29 heavy (non-hydrogen) atoms. The summed E-state index contributed by atoms with van der Waals surface area (Å²) in [7, 11) is 3.22. The average Bonchev–Trinajstić information content (AvgIpc) is 3.22. The lowest BCUT2D eigenvalue weighted by Gasteiger charge is -2.25. The Morgan fingerprint density at radius 2 is 2.00 bits per heavy atom. The van der Waals surface area contributed by atoms with Crippen LogP contribution in [0.5, 0.6) is 17.2 Å². The summed E-state index contributed by atoms with van der Waals surface area (Å²) in [6.45, 7) is 2.47. The number of allylic oxidation sites excluding steroid dienone is 1. The van der Waals surface area contributed by atoms with Crippen LogP contribution >= 0.6 is 11.6 Å². The molecular weight excluding hydrogens is 394 g/mol. The fourth-order valence-electron chi connectivity index (χ4n) is 3.33. The van der Waals surface area contributed by atoms with Gasteiger partial charge in [-0.2, -0.15) is 4.68 Å². The maximum atomic E-state index is 6.39. The largest absolute Gasteiger partial charge is 0.493 e. The first kappa shape index (κ1) is 19.1. The average molecular weight is 414 g/mol. The molecule has 2 aromatic carbocycles. The minimum atomic E-state index is -0.299. The van der Waals surface area contributed by atoms with Crippen LogP contribution in [0.1, 0.15) is 24.1 Å². The van der Waals surface area contributed by atoms with Gasteiger partial charge in [-0.1, -0.05) is 28.8 Å². The Labute approximate surface area is 173 Å². The number of hydrogen-bond acceptors (Lipinski definition) is 7. The van der Waals surface area contributed by atoms with Gasteiger partial charge in [0.2, 0.25) is 5.95 Å². The Morgan fingerprint density at radius 3 is 2.72 bits per heavy atom. The number of ether oxygens (including phenoxy) is 3. The molecule has 9 heteroatoms. The Morgan fingerprint density at radius 1 is 1.14 bits per heavy atom. The summed E-state index contributed by atoms with van der Waals surface area (Å²) in [5.74, 6) is 2.42. The number of hydrogen-bond donors (Lipinski definition) is 1. The van der Waals surface area contributed by atoms with Gasteiger partial charge in [-0.05, 0) is 53.3 Å².